The molecule has 0 radical (unpaired) electrons. The van der Waals surface area contributed by atoms with Gasteiger partial charge in [0.2, 0.25) is 0 Å². The van der Waals surface area contributed by atoms with Crippen LogP contribution in [0.25, 0.3) is 0 Å². The minimum absolute atomic E-state index is 0.103. The molecule has 2 aromatic rings. The van der Waals surface area contributed by atoms with Gasteiger partial charge >= 0.3 is 0 Å². The molecule has 4 heteroatoms. The van der Waals surface area contributed by atoms with Crippen molar-refractivity contribution in [3.8, 4) is 0 Å². The van der Waals surface area contributed by atoms with Crippen molar-refractivity contribution in [2.24, 2.45) is 0 Å². The van der Waals surface area contributed by atoms with Crippen molar-refractivity contribution in [1.82, 2.24) is 4.98 Å². The van der Waals surface area contributed by atoms with Crippen LogP contribution in [0.5, 0.6) is 0 Å². The van der Waals surface area contributed by atoms with Crippen LogP contribution in [0.2, 0.25) is 0 Å². The molecule has 0 spiro atoms. The van der Waals surface area contributed by atoms with E-state index in [0.717, 1.165) is 17.1 Å². The molecular weight excluding hydrogens is 275 g/mol. The van der Waals surface area contributed by atoms with Crippen LogP contribution in [0.15, 0.2) is 36.4 Å². The van der Waals surface area contributed by atoms with Crippen LogP contribution in [-0.2, 0) is 5.88 Å². The predicted molar refractivity (Wildman–Crippen MR) is 81.7 cm³/mol. The molecule has 1 atom stereocenters. The summed E-state index contributed by atoms with van der Waals surface area (Å²) in [5.74, 6) is 1.05. The first-order valence-electron chi connectivity index (χ1n) is 6.53. The van der Waals surface area contributed by atoms with Crippen LogP contribution in [0.1, 0.15) is 29.8 Å². The van der Waals surface area contributed by atoms with Gasteiger partial charge in [0.1, 0.15) is 11.6 Å². The molecule has 0 aliphatic rings. The highest BCUT2D eigenvalue weighted by atomic mass is 35.5. The Balaban J connectivity index is 2.33. The van der Waals surface area contributed by atoms with Gasteiger partial charge in [-0.2, -0.15) is 0 Å². The molecule has 0 bridgehead atoms. The van der Waals surface area contributed by atoms with Gasteiger partial charge in [0.25, 0.3) is 0 Å². The standard InChI is InChI=1S/C16H18ClFN2/c1-11-8-13(10-17)9-16(19-11)20(3)12(2)14-6-4-5-7-15(14)18/h4-9,12H,10H2,1-3H3. The van der Waals surface area contributed by atoms with Crippen molar-refractivity contribution in [2.75, 3.05) is 11.9 Å². The number of anilines is 1. The van der Waals surface area contributed by atoms with E-state index >= 15 is 0 Å². The third-order valence-corrected chi connectivity index (χ3v) is 3.76. The zero-order valence-electron chi connectivity index (χ0n) is 11.9. The quantitative estimate of drug-likeness (QED) is 0.773. The smallest absolute Gasteiger partial charge is 0.129 e. The van der Waals surface area contributed by atoms with E-state index in [-0.39, 0.29) is 11.9 Å². The van der Waals surface area contributed by atoms with Crippen LogP contribution >= 0.6 is 11.6 Å². The van der Waals surface area contributed by atoms with E-state index in [0.29, 0.717) is 11.4 Å². The first kappa shape index (κ1) is 14.8. The summed E-state index contributed by atoms with van der Waals surface area (Å²) in [6.45, 7) is 3.89. The van der Waals surface area contributed by atoms with Crippen LogP contribution < -0.4 is 4.90 Å². The molecule has 0 N–H and O–H groups in total. The second kappa shape index (κ2) is 6.23. The van der Waals surface area contributed by atoms with E-state index in [4.69, 9.17) is 11.6 Å². The SMILES string of the molecule is Cc1cc(CCl)cc(N(C)C(C)c2ccccc2F)n1. The maximum Gasteiger partial charge on any atom is 0.129 e. The number of halogens is 2. The van der Waals surface area contributed by atoms with E-state index in [2.05, 4.69) is 4.98 Å². The van der Waals surface area contributed by atoms with Gasteiger partial charge in [-0.05, 0) is 37.6 Å². The third kappa shape index (κ3) is 3.10. The lowest BCUT2D eigenvalue weighted by Gasteiger charge is -2.27. The van der Waals surface area contributed by atoms with Crippen LogP contribution in [-0.4, -0.2) is 12.0 Å². The minimum atomic E-state index is -0.197. The summed E-state index contributed by atoms with van der Waals surface area (Å²) in [4.78, 5) is 6.46. The number of benzene rings is 1. The molecule has 1 heterocycles. The van der Waals surface area contributed by atoms with Crippen molar-refractivity contribution < 1.29 is 4.39 Å². The molecule has 0 saturated carbocycles. The zero-order valence-corrected chi connectivity index (χ0v) is 12.7. The molecule has 2 nitrogen and oxygen atoms in total. The van der Waals surface area contributed by atoms with Crippen LogP contribution in [0.4, 0.5) is 10.2 Å². The average Bonchev–Trinajstić information content (AvgIpc) is 2.45. The van der Waals surface area contributed by atoms with Gasteiger partial charge in [-0.15, -0.1) is 11.6 Å². The molecule has 0 saturated heterocycles. The monoisotopic (exact) mass is 292 g/mol. The minimum Gasteiger partial charge on any atom is -0.353 e. The largest absolute Gasteiger partial charge is 0.353 e. The Hall–Kier alpha value is -1.61. The molecule has 1 aromatic heterocycles. The number of aromatic nitrogens is 1. The Morgan fingerprint density at radius 1 is 1.30 bits per heavy atom. The number of alkyl halides is 1. The molecule has 0 amide bonds. The summed E-state index contributed by atoms with van der Waals surface area (Å²) in [7, 11) is 1.91. The highest BCUT2D eigenvalue weighted by molar-refractivity contribution is 6.17. The number of hydrogen-bond acceptors (Lipinski definition) is 2. The number of aryl methyl sites for hydroxylation is 1. The summed E-state index contributed by atoms with van der Waals surface area (Å²) in [5, 5.41) is 0. The number of pyridine rings is 1. The summed E-state index contributed by atoms with van der Waals surface area (Å²) < 4.78 is 13.9. The van der Waals surface area contributed by atoms with Crippen molar-refractivity contribution in [3.05, 3.63) is 59.0 Å². The van der Waals surface area contributed by atoms with E-state index < -0.39 is 0 Å². The Bertz CT molecular complexity index is 601. The summed E-state index contributed by atoms with van der Waals surface area (Å²) >= 11 is 5.89. The molecule has 20 heavy (non-hydrogen) atoms. The number of rotatable bonds is 4. The highest BCUT2D eigenvalue weighted by Crippen LogP contribution is 2.26. The van der Waals surface area contributed by atoms with Gasteiger partial charge in [0.15, 0.2) is 0 Å². The number of nitrogens with zero attached hydrogens (tertiary/aromatic N) is 2. The van der Waals surface area contributed by atoms with Crippen molar-refractivity contribution in [3.63, 3.8) is 0 Å². The van der Waals surface area contributed by atoms with E-state index in [9.17, 15) is 4.39 Å². The lowest BCUT2D eigenvalue weighted by atomic mass is 10.1. The Kier molecular flexibility index (Phi) is 4.61. The lowest BCUT2D eigenvalue weighted by Crippen LogP contribution is -2.23. The number of hydrogen-bond donors (Lipinski definition) is 0. The molecule has 2 rings (SSSR count). The first-order valence-corrected chi connectivity index (χ1v) is 7.07. The Labute approximate surface area is 124 Å². The molecular formula is C16H18ClFN2. The lowest BCUT2D eigenvalue weighted by molar-refractivity contribution is 0.584. The van der Waals surface area contributed by atoms with E-state index in [1.54, 1.807) is 12.1 Å². The fourth-order valence-corrected chi connectivity index (χ4v) is 2.35. The second-order valence-corrected chi connectivity index (χ2v) is 5.18. The van der Waals surface area contributed by atoms with Crippen molar-refractivity contribution in [2.45, 2.75) is 25.8 Å². The maximum absolute atomic E-state index is 13.9. The molecule has 1 unspecified atom stereocenters. The first-order chi connectivity index (χ1) is 9.52. The summed E-state index contributed by atoms with van der Waals surface area (Å²) in [6.07, 6.45) is 0. The second-order valence-electron chi connectivity index (χ2n) is 4.92. The van der Waals surface area contributed by atoms with E-state index in [1.165, 1.54) is 6.07 Å². The van der Waals surface area contributed by atoms with E-state index in [1.807, 2.05) is 44.0 Å². The Morgan fingerprint density at radius 3 is 2.65 bits per heavy atom. The fraction of sp³-hybridized carbons (Fsp3) is 0.312. The maximum atomic E-state index is 13.9. The van der Waals surface area contributed by atoms with Crippen molar-refractivity contribution >= 4 is 17.4 Å². The molecule has 1 aromatic carbocycles. The van der Waals surface area contributed by atoms with Crippen LogP contribution in [0.3, 0.4) is 0 Å². The molecule has 106 valence electrons. The summed E-state index contributed by atoms with van der Waals surface area (Å²) in [5.41, 5.74) is 2.58. The third-order valence-electron chi connectivity index (χ3n) is 3.45. The highest BCUT2D eigenvalue weighted by Gasteiger charge is 2.17. The van der Waals surface area contributed by atoms with Gasteiger partial charge in [-0.1, -0.05) is 18.2 Å². The predicted octanol–water partition coefficient (Wildman–Crippen LogP) is 4.47. The molecule has 0 aliphatic heterocycles. The normalized spacial score (nSPS) is 12.2. The average molecular weight is 293 g/mol. The fourth-order valence-electron chi connectivity index (χ4n) is 2.20. The molecule has 0 aliphatic carbocycles. The van der Waals surface area contributed by atoms with Gasteiger partial charge in [-0.3, -0.25) is 0 Å². The van der Waals surface area contributed by atoms with Gasteiger partial charge in [-0.25, -0.2) is 9.37 Å². The van der Waals surface area contributed by atoms with Gasteiger partial charge < -0.3 is 4.90 Å². The van der Waals surface area contributed by atoms with Crippen molar-refractivity contribution in [1.29, 1.82) is 0 Å². The Morgan fingerprint density at radius 2 is 2.00 bits per heavy atom. The topological polar surface area (TPSA) is 16.1 Å². The van der Waals surface area contributed by atoms with Gasteiger partial charge in [0, 0.05) is 24.2 Å². The summed E-state index contributed by atoms with van der Waals surface area (Å²) in [6, 6.07) is 10.6. The van der Waals surface area contributed by atoms with Gasteiger partial charge in [0.05, 0.1) is 6.04 Å². The molecule has 0 fully saturated rings. The van der Waals surface area contributed by atoms with Crippen LogP contribution in [0, 0.1) is 12.7 Å². The zero-order chi connectivity index (χ0) is 14.7.